The summed E-state index contributed by atoms with van der Waals surface area (Å²) >= 11 is 1.67. The Morgan fingerprint density at radius 1 is 1.57 bits per heavy atom. The van der Waals surface area contributed by atoms with Gasteiger partial charge in [0, 0.05) is 30.6 Å². The zero-order valence-corrected chi connectivity index (χ0v) is 8.87. The van der Waals surface area contributed by atoms with E-state index in [1.165, 1.54) is 4.88 Å². The van der Waals surface area contributed by atoms with Crippen LogP contribution in [0.4, 0.5) is 0 Å². The molecule has 2 heterocycles. The van der Waals surface area contributed by atoms with E-state index in [1.54, 1.807) is 11.3 Å². The van der Waals surface area contributed by atoms with E-state index in [0.717, 1.165) is 32.7 Å². The average Bonchev–Trinajstić information content (AvgIpc) is 2.72. The smallest absolute Gasteiger partial charge is 0.0794 e. The SMILES string of the molecule is NC(Cc1cncs1)N1CCOCC1. The Balaban J connectivity index is 1.85. The molecular formula is C9H15N3OS. The molecule has 78 valence electrons. The minimum atomic E-state index is 0.111. The maximum absolute atomic E-state index is 6.09. The zero-order valence-electron chi connectivity index (χ0n) is 8.06. The third-order valence-corrected chi connectivity index (χ3v) is 3.21. The van der Waals surface area contributed by atoms with E-state index in [1.807, 2.05) is 11.7 Å². The summed E-state index contributed by atoms with van der Waals surface area (Å²) in [5.74, 6) is 0. The molecule has 0 bridgehead atoms. The van der Waals surface area contributed by atoms with E-state index in [4.69, 9.17) is 10.5 Å². The normalized spacial score (nSPS) is 20.9. The fourth-order valence-corrected chi connectivity index (χ4v) is 2.23. The van der Waals surface area contributed by atoms with E-state index >= 15 is 0 Å². The lowest BCUT2D eigenvalue weighted by molar-refractivity contribution is 0.0180. The maximum atomic E-state index is 6.09. The summed E-state index contributed by atoms with van der Waals surface area (Å²) in [5, 5.41) is 0. The molecule has 1 aliphatic heterocycles. The van der Waals surface area contributed by atoms with Gasteiger partial charge in [-0.2, -0.15) is 0 Å². The van der Waals surface area contributed by atoms with Gasteiger partial charge in [0.25, 0.3) is 0 Å². The Morgan fingerprint density at radius 3 is 3.00 bits per heavy atom. The summed E-state index contributed by atoms with van der Waals surface area (Å²) < 4.78 is 5.28. The van der Waals surface area contributed by atoms with E-state index in [0.29, 0.717) is 0 Å². The molecule has 5 heteroatoms. The van der Waals surface area contributed by atoms with Crippen LogP contribution in [0.25, 0.3) is 0 Å². The third kappa shape index (κ3) is 2.51. The molecular weight excluding hydrogens is 198 g/mol. The van der Waals surface area contributed by atoms with Crippen molar-refractivity contribution in [2.75, 3.05) is 26.3 Å². The first-order chi connectivity index (χ1) is 6.86. The van der Waals surface area contributed by atoms with Gasteiger partial charge in [-0.1, -0.05) is 0 Å². The fraction of sp³-hybridized carbons (Fsp3) is 0.667. The summed E-state index contributed by atoms with van der Waals surface area (Å²) in [5.41, 5.74) is 7.94. The second-order valence-corrected chi connectivity index (χ2v) is 4.36. The van der Waals surface area contributed by atoms with Gasteiger partial charge in [-0.3, -0.25) is 9.88 Å². The van der Waals surface area contributed by atoms with Crippen LogP contribution in [-0.4, -0.2) is 42.4 Å². The van der Waals surface area contributed by atoms with Crippen LogP contribution in [0.5, 0.6) is 0 Å². The van der Waals surface area contributed by atoms with Gasteiger partial charge in [0.05, 0.1) is 24.9 Å². The van der Waals surface area contributed by atoms with Crippen LogP contribution in [0, 0.1) is 0 Å². The summed E-state index contributed by atoms with van der Waals surface area (Å²) in [7, 11) is 0. The minimum Gasteiger partial charge on any atom is -0.379 e. The highest BCUT2D eigenvalue weighted by Crippen LogP contribution is 2.10. The van der Waals surface area contributed by atoms with Crippen molar-refractivity contribution in [3.8, 4) is 0 Å². The molecule has 0 radical (unpaired) electrons. The van der Waals surface area contributed by atoms with Gasteiger partial charge in [0.1, 0.15) is 0 Å². The first-order valence-corrected chi connectivity index (χ1v) is 5.69. The second kappa shape index (κ2) is 4.84. The van der Waals surface area contributed by atoms with Crippen LogP contribution < -0.4 is 5.73 Å². The molecule has 0 amide bonds. The highest BCUT2D eigenvalue weighted by molar-refractivity contribution is 7.09. The quantitative estimate of drug-likeness (QED) is 0.785. The van der Waals surface area contributed by atoms with E-state index in [9.17, 15) is 0 Å². The molecule has 1 atom stereocenters. The van der Waals surface area contributed by atoms with Crippen molar-refractivity contribution in [1.29, 1.82) is 0 Å². The largest absolute Gasteiger partial charge is 0.379 e. The van der Waals surface area contributed by atoms with Gasteiger partial charge < -0.3 is 10.5 Å². The van der Waals surface area contributed by atoms with E-state index < -0.39 is 0 Å². The number of nitrogens with two attached hydrogens (primary N) is 1. The Kier molecular flexibility index (Phi) is 3.47. The molecule has 1 saturated heterocycles. The molecule has 0 aliphatic carbocycles. The Bertz CT molecular complexity index is 259. The highest BCUT2D eigenvalue weighted by Gasteiger charge is 2.17. The topological polar surface area (TPSA) is 51.4 Å². The number of hydrogen-bond acceptors (Lipinski definition) is 5. The minimum absolute atomic E-state index is 0.111. The van der Waals surface area contributed by atoms with Crippen LogP contribution in [0.1, 0.15) is 4.88 Å². The molecule has 14 heavy (non-hydrogen) atoms. The monoisotopic (exact) mass is 213 g/mol. The summed E-state index contributed by atoms with van der Waals surface area (Å²) in [6, 6.07) is 0. The highest BCUT2D eigenvalue weighted by atomic mass is 32.1. The van der Waals surface area contributed by atoms with Gasteiger partial charge in [-0.05, 0) is 0 Å². The summed E-state index contributed by atoms with van der Waals surface area (Å²) in [6.45, 7) is 3.49. The Hall–Kier alpha value is -0.490. The number of aromatic nitrogens is 1. The first kappa shape index (κ1) is 10.0. The predicted octanol–water partition coefficient (Wildman–Crippen LogP) is 0.303. The van der Waals surface area contributed by atoms with Crippen LogP contribution in [0.15, 0.2) is 11.7 Å². The number of morpholine rings is 1. The number of thiazole rings is 1. The standard InChI is InChI=1S/C9H15N3OS/c10-9(5-8-6-11-7-14-8)12-1-3-13-4-2-12/h6-7,9H,1-5,10H2. The molecule has 0 saturated carbocycles. The average molecular weight is 213 g/mol. The van der Waals surface area contributed by atoms with Crippen molar-refractivity contribution >= 4 is 11.3 Å². The first-order valence-electron chi connectivity index (χ1n) is 4.81. The lowest BCUT2D eigenvalue weighted by Gasteiger charge is -2.31. The van der Waals surface area contributed by atoms with Crippen molar-refractivity contribution in [3.05, 3.63) is 16.6 Å². The zero-order chi connectivity index (χ0) is 9.80. The van der Waals surface area contributed by atoms with Crippen molar-refractivity contribution in [2.24, 2.45) is 5.73 Å². The molecule has 1 unspecified atom stereocenters. The second-order valence-electron chi connectivity index (χ2n) is 3.39. The number of nitrogens with zero attached hydrogens (tertiary/aromatic N) is 2. The van der Waals surface area contributed by atoms with Crippen LogP contribution in [-0.2, 0) is 11.2 Å². The van der Waals surface area contributed by atoms with Crippen molar-refractivity contribution in [1.82, 2.24) is 9.88 Å². The molecule has 1 aromatic heterocycles. The van der Waals surface area contributed by atoms with Gasteiger partial charge in [0.2, 0.25) is 0 Å². The third-order valence-electron chi connectivity index (χ3n) is 2.41. The lowest BCUT2D eigenvalue weighted by atomic mass is 10.2. The Labute approximate surface area is 87.7 Å². The van der Waals surface area contributed by atoms with Crippen molar-refractivity contribution < 1.29 is 4.74 Å². The number of ether oxygens (including phenoxy) is 1. The van der Waals surface area contributed by atoms with Crippen LogP contribution in [0.3, 0.4) is 0 Å². The number of hydrogen-bond donors (Lipinski definition) is 1. The summed E-state index contributed by atoms with van der Waals surface area (Å²) in [6.07, 6.45) is 2.90. The van der Waals surface area contributed by atoms with Gasteiger partial charge in [-0.15, -0.1) is 11.3 Å². The van der Waals surface area contributed by atoms with Crippen molar-refractivity contribution in [3.63, 3.8) is 0 Å². The lowest BCUT2D eigenvalue weighted by Crippen LogP contribution is -2.49. The predicted molar refractivity (Wildman–Crippen MR) is 56.2 cm³/mol. The van der Waals surface area contributed by atoms with Gasteiger partial charge in [0.15, 0.2) is 0 Å². The number of rotatable bonds is 3. The molecule has 1 aromatic rings. The fourth-order valence-electron chi connectivity index (χ4n) is 1.59. The molecule has 1 fully saturated rings. The Morgan fingerprint density at radius 2 is 2.36 bits per heavy atom. The van der Waals surface area contributed by atoms with Gasteiger partial charge >= 0.3 is 0 Å². The van der Waals surface area contributed by atoms with Gasteiger partial charge in [-0.25, -0.2) is 0 Å². The van der Waals surface area contributed by atoms with E-state index in [2.05, 4.69) is 9.88 Å². The molecule has 4 nitrogen and oxygen atoms in total. The van der Waals surface area contributed by atoms with E-state index in [-0.39, 0.29) is 6.17 Å². The van der Waals surface area contributed by atoms with Crippen LogP contribution in [0.2, 0.25) is 0 Å². The maximum Gasteiger partial charge on any atom is 0.0794 e. The molecule has 2 rings (SSSR count). The molecule has 2 N–H and O–H groups in total. The molecule has 1 aliphatic rings. The molecule has 0 aromatic carbocycles. The summed E-state index contributed by atoms with van der Waals surface area (Å²) in [4.78, 5) is 7.56. The molecule has 0 spiro atoms. The van der Waals surface area contributed by atoms with Crippen LogP contribution >= 0.6 is 11.3 Å². The van der Waals surface area contributed by atoms with Crippen molar-refractivity contribution in [2.45, 2.75) is 12.6 Å².